The summed E-state index contributed by atoms with van der Waals surface area (Å²) in [7, 11) is 0. The molecular formula is C5H10F3NO2. The smallest absolute Gasteiger partial charge is 0.395 e. The molecule has 0 aromatic carbocycles. The lowest BCUT2D eigenvalue weighted by Gasteiger charge is -2.14. The summed E-state index contributed by atoms with van der Waals surface area (Å²) in [6, 6.07) is -0.892. The van der Waals surface area contributed by atoms with Gasteiger partial charge >= 0.3 is 6.18 Å². The summed E-state index contributed by atoms with van der Waals surface area (Å²) in [5.74, 6) is 0. The monoisotopic (exact) mass is 173 g/mol. The number of nitrogens with one attached hydrogen (secondary N) is 1. The summed E-state index contributed by atoms with van der Waals surface area (Å²) in [5.41, 5.74) is 0. The molecular weight excluding hydrogens is 163 g/mol. The molecule has 0 bridgehead atoms. The van der Waals surface area contributed by atoms with Crippen molar-refractivity contribution in [1.82, 2.24) is 5.32 Å². The summed E-state index contributed by atoms with van der Waals surface area (Å²) in [4.78, 5) is 0. The van der Waals surface area contributed by atoms with Gasteiger partial charge < -0.3 is 15.5 Å². The Hall–Kier alpha value is -0.330. The number of rotatable bonds is 4. The lowest BCUT2D eigenvalue weighted by atomic mass is 10.3. The lowest BCUT2D eigenvalue weighted by Crippen LogP contribution is -2.41. The molecule has 0 heterocycles. The maximum atomic E-state index is 11.5. The largest absolute Gasteiger partial charge is 0.401 e. The molecule has 3 nitrogen and oxygen atoms in total. The van der Waals surface area contributed by atoms with Gasteiger partial charge in [-0.1, -0.05) is 0 Å². The van der Waals surface area contributed by atoms with Crippen LogP contribution in [-0.4, -0.2) is 42.2 Å². The average molecular weight is 173 g/mol. The van der Waals surface area contributed by atoms with E-state index in [4.69, 9.17) is 10.2 Å². The van der Waals surface area contributed by atoms with Crippen molar-refractivity contribution in [2.24, 2.45) is 0 Å². The molecule has 0 aliphatic carbocycles. The molecule has 0 rings (SSSR count). The van der Waals surface area contributed by atoms with Crippen molar-refractivity contribution >= 4 is 0 Å². The van der Waals surface area contributed by atoms with Crippen molar-refractivity contribution in [3.63, 3.8) is 0 Å². The van der Waals surface area contributed by atoms with Crippen LogP contribution in [0.5, 0.6) is 0 Å². The Morgan fingerprint density at radius 1 is 1.18 bits per heavy atom. The van der Waals surface area contributed by atoms with E-state index in [1.165, 1.54) is 0 Å². The predicted octanol–water partition coefficient (Wildman–Crippen LogP) is -0.509. The van der Waals surface area contributed by atoms with Gasteiger partial charge in [0.25, 0.3) is 0 Å². The van der Waals surface area contributed by atoms with E-state index in [2.05, 4.69) is 0 Å². The van der Waals surface area contributed by atoms with E-state index in [1.807, 2.05) is 5.32 Å². The second-order valence-electron chi connectivity index (χ2n) is 2.06. The maximum Gasteiger partial charge on any atom is 0.401 e. The van der Waals surface area contributed by atoms with Crippen LogP contribution in [0.25, 0.3) is 0 Å². The Labute approximate surface area is 61.8 Å². The molecule has 0 atom stereocenters. The Bertz CT molecular complexity index is 102. The van der Waals surface area contributed by atoms with Crippen molar-refractivity contribution in [2.75, 3.05) is 19.8 Å². The molecule has 0 aliphatic heterocycles. The highest BCUT2D eigenvalue weighted by molar-refractivity contribution is 4.65. The Kier molecular flexibility index (Phi) is 4.39. The van der Waals surface area contributed by atoms with Crippen LogP contribution in [0.15, 0.2) is 0 Å². The summed E-state index contributed by atoms with van der Waals surface area (Å²) < 4.78 is 34.4. The van der Waals surface area contributed by atoms with Gasteiger partial charge in [-0.3, -0.25) is 0 Å². The second kappa shape index (κ2) is 4.53. The third-order valence-electron chi connectivity index (χ3n) is 1.03. The molecule has 0 amide bonds. The molecule has 0 saturated carbocycles. The topological polar surface area (TPSA) is 52.5 Å². The highest BCUT2D eigenvalue weighted by Crippen LogP contribution is 2.12. The van der Waals surface area contributed by atoms with Gasteiger partial charge in [-0.05, 0) is 0 Å². The molecule has 68 valence electrons. The number of hydrogen-bond acceptors (Lipinski definition) is 3. The highest BCUT2D eigenvalue weighted by atomic mass is 19.4. The normalized spacial score (nSPS) is 12.5. The van der Waals surface area contributed by atoms with Crippen LogP contribution in [0.4, 0.5) is 13.2 Å². The van der Waals surface area contributed by atoms with Gasteiger partial charge in [-0.15, -0.1) is 0 Å². The third-order valence-corrected chi connectivity index (χ3v) is 1.03. The maximum absolute atomic E-state index is 11.5. The van der Waals surface area contributed by atoms with E-state index in [1.54, 1.807) is 0 Å². The number of aliphatic hydroxyl groups excluding tert-OH is 2. The van der Waals surface area contributed by atoms with Crippen LogP contribution in [0.2, 0.25) is 0 Å². The Morgan fingerprint density at radius 3 is 1.91 bits per heavy atom. The lowest BCUT2D eigenvalue weighted by molar-refractivity contribution is -0.127. The van der Waals surface area contributed by atoms with Crippen LogP contribution >= 0.6 is 0 Å². The van der Waals surface area contributed by atoms with Gasteiger partial charge in [-0.2, -0.15) is 13.2 Å². The molecule has 0 aromatic rings. The zero-order chi connectivity index (χ0) is 8.91. The fraction of sp³-hybridized carbons (Fsp3) is 1.00. The molecule has 0 unspecified atom stereocenters. The van der Waals surface area contributed by atoms with Crippen molar-refractivity contribution in [2.45, 2.75) is 12.2 Å². The van der Waals surface area contributed by atoms with E-state index in [0.29, 0.717) is 0 Å². The molecule has 11 heavy (non-hydrogen) atoms. The number of hydrogen-bond donors (Lipinski definition) is 3. The standard InChI is InChI=1S/C5H10F3NO2/c6-5(7,8)3-9-4(1-10)2-11/h4,9-11H,1-3H2. The first-order chi connectivity index (χ1) is 4.99. The first kappa shape index (κ1) is 10.7. The first-order valence-corrected chi connectivity index (χ1v) is 3.01. The molecule has 0 radical (unpaired) electrons. The SMILES string of the molecule is OCC(CO)NCC(F)(F)F. The molecule has 0 aliphatic rings. The first-order valence-electron chi connectivity index (χ1n) is 3.01. The third kappa shape index (κ3) is 6.08. The van der Waals surface area contributed by atoms with E-state index < -0.39 is 32.0 Å². The van der Waals surface area contributed by atoms with Gasteiger partial charge in [0.1, 0.15) is 0 Å². The van der Waals surface area contributed by atoms with E-state index in [0.717, 1.165) is 0 Å². The number of aliphatic hydroxyl groups is 2. The quantitative estimate of drug-likeness (QED) is 0.536. The van der Waals surface area contributed by atoms with Gasteiger partial charge in [0.05, 0.1) is 25.8 Å². The molecule has 6 heteroatoms. The van der Waals surface area contributed by atoms with Gasteiger partial charge in [0.2, 0.25) is 0 Å². The molecule has 0 spiro atoms. The molecule has 0 saturated heterocycles. The van der Waals surface area contributed by atoms with Crippen molar-refractivity contribution in [3.8, 4) is 0 Å². The molecule has 0 aromatic heterocycles. The minimum atomic E-state index is -4.30. The zero-order valence-electron chi connectivity index (χ0n) is 5.73. The minimum Gasteiger partial charge on any atom is -0.395 e. The van der Waals surface area contributed by atoms with Crippen LogP contribution in [0.3, 0.4) is 0 Å². The number of halogens is 3. The molecule has 0 fully saturated rings. The summed E-state index contributed by atoms with van der Waals surface area (Å²) >= 11 is 0. The second-order valence-corrected chi connectivity index (χ2v) is 2.06. The van der Waals surface area contributed by atoms with Crippen LogP contribution in [0, 0.1) is 0 Å². The van der Waals surface area contributed by atoms with Crippen molar-refractivity contribution < 1.29 is 23.4 Å². The van der Waals surface area contributed by atoms with Gasteiger partial charge in [-0.25, -0.2) is 0 Å². The summed E-state index contributed by atoms with van der Waals surface area (Å²) in [5, 5.41) is 18.6. The summed E-state index contributed by atoms with van der Waals surface area (Å²) in [6.45, 7) is -2.21. The molecule has 3 N–H and O–H groups in total. The number of alkyl halides is 3. The van der Waals surface area contributed by atoms with E-state index in [9.17, 15) is 13.2 Å². The summed E-state index contributed by atoms with van der Waals surface area (Å²) in [6.07, 6.45) is -4.30. The Balaban J connectivity index is 3.51. The van der Waals surface area contributed by atoms with E-state index in [-0.39, 0.29) is 0 Å². The van der Waals surface area contributed by atoms with E-state index >= 15 is 0 Å². The minimum absolute atomic E-state index is 0.507. The van der Waals surface area contributed by atoms with Crippen molar-refractivity contribution in [3.05, 3.63) is 0 Å². The zero-order valence-corrected chi connectivity index (χ0v) is 5.73. The van der Waals surface area contributed by atoms with Crippen LogP contribution in [0.1, 0.15) is 0 Å². The van der Waals surface area contributed by atoms with Crippen LogP contribution in [-0.2, 0) is 0 Å². The van der Waals surface area contributed by atoms with Gasteiger partial charge in [0, 0.05) is 0 Å². The average Bonchev–Trinajstić information content (AvgIpc) is 1.88. The fourth-order valence-electron chi connectivity index (χ4n) is 0.447. The van der Waals surface area contributed by atoms with Crippen molar-refractivity contribution in [1.29, 1.82) is 0 Å². The van der Waals surface area contributed by atoms with Gasteiger partial charge in [0.15, 0.2) is 0 Å². The van der Waals surface area contributed by atoms with Crippen LogP contribution < -0.4 is 5.32 Å². The fourth-order valence-corrected chi connectivity index (χ4v) is 0.447. The predicted molar refractivity (Wildman–Crippen MR) is 32.0 cm³/mol. The Morgan fingerprint density at radius 2 is 1.64 bits per heavy atom. The highest BCUT2D eigenvalue weighted by Gasteiger charge is 2.27.